The number of methoxy groups -OCH3 is 1. The van der Waals surface area contributed by atoms with Crippen LogP contribution in [-0.2, 0) is 6.54 Å². The number of halogens is 1. The van der Waals surface area contributed by atoms with E-state index in [9.17, 15) is 0 Å². The van der Waals surface area contributed by atoms with Crippen molar-refractivity contribution in [2.45, 2.75) is 6.54 Å². The highest BCUT2D eigenvalue weighted by Crippen LogP contribution is 2.27. The lowest BCUT2D eigenvalue weighted by molar-refractivity contribution is 0.415. The summed E-state index contributed by atoms with van der Waals surface area (Å²) in [7, 11) is 3.69. The van der Waals surface area contributed by atoms with Crippen LogP contribution in [-0.4, -0.2) is 14.2 Å². The highest BCUT2D eigenvalue weighted by atomic mass is 79.9. The summed E-state index contributed by atoms with van der Waals surface area (Å²) >= 11 is 5.17. The number of nitrogens with zero attached hydrogens (tertiary/aromatic N) is 1. The van der Waals surface area contributed by atoms with Crippen molar-refractivity contribution >= 4 is 38.6 Å². The Kier molecular flexibility index (Phi) is 4.14. The standard InChI is InChI=1S/C13H15BrN2OS/c1-16(7-9-3-13(14)18-8-9)11-4-10(15)5-12(6-11)17-2/h3-6,8H,7,15H2,1-2H3. The Balaban J connectivity index is 2.17. The quantitative estimate of drug-likeness (QED) is 0.870. The van der Waals surface area contributed by atoms with Gasteiger partial charge in [-0.25, -0.2) is 0 Å². The Morgan fingerprint density at radius 3 is 2.72 bits per heavy atom. The maximum absolute atomic E-state index is 5.86. The second-order valence-electron chi connectivity index (χ2n) is 4.08. The summed E-state index contributed by atoms with van der Waals surface area (Å²) < 4.78 is 6.38. The molecule has 0 fully saturated rings. The molecule has 2 rings (SSSR count). The molecule has 0 unspecified atom stereocenters. The Bertz CT molecular complexity index is 542. The van der Waals surface area contributed by atoms with Gasteiger partial charge in [-0.2, -0.15) is 0 Å². The highest BCUT2D eigenvalue weighted by Gasteiger charge is 2.06. The van der Waals surface area contributed by atoms with E-state index in [1.54, 1.807) is 18.4 Å². The molecule has 0 bridgehead atoms. The number of thiophene rings is 1. The number of nitrogens with two attached hydrogens (primary N) is 1. The second-order valence-corrected chi connectivity index (χ2v) is 6.37. The molecule has 0 saturated carbocycles. The Morgan fingerprint density at radius 1 is 1.33 bits per heavy atom. The summed E-state index contributed by atoms with van der Waals surface area (Å²) in [6, 6.07) is 7.88. The van der Waals surface area contributed by atoms with Crippen molar-refractivity contribution in [3.63, 3.8) is 0 Å². The largest absolute Gasteiger partial charge is 0.497 e. The van der Waals surface area contributed by atoms with Crippen molar-refractivity contribution < 1.29 is 4.74 Å². The smallest absolute Gasteiger partial charge is 0.122 e. The van der Waals surface area contributed by atoms with Crippen molar-refractivity contribution in [3.8, 4) is 5.75 Å². The minimum absolute atomic E-state index is 0.711. The molecule has 0 aliphatic rings. The lowest BCUT2D eigenvalue weighted by atomic mass is 10.2. The van der Waals surface area contributed by atoms with Gasteiger partial charge in [0, 0.05) is 37.1 Å². The molecular formula is C13H15BrN2OS. The van der Waals surface area contributed by atoms with Crippen molar-refractivity contribution in [3.05, 3.63) is 39.0 Å². The van der Waals surface area contributed by atoms with E-state index in [4.69, 9.17) is 10.5 Å². The van der Waals surface area contributed by atoms with Crippen molar-refractivity contribution in [2.75, 3.05) is 24.8 Å². The number of anilines is 2. The first-order chi connectivity index (χ1) is 8.58. The molecule has 0 saturated heterocycles. The SMILES string of the molecule is COc1cc(N)cc(N(C)Cc2csc(Br)c2)c1. The molecule has 2 aromatic rings. The first kappa shape index (κ1) is 13.2. The van der Waals surface area contributed by atoms with E-state index >= 15 is 0 Å². The van der Waals surface area contributed by atoms with Gasteiger partial charge in [0.1, 0.15) is 5.75 Å². The molecule has 1 aromatic carbocycles. The zero-order valence-corrected chi connectivity index (χ0v) is 12.7. The van der Waals surface area contributed by atoms with Crippen LogP contribution in [0.5, 0.6) is 5.75 Å². The highest BCUT2D eigenvalue weighted by molar-refractivity contribution is 9.11. The van der Waals surface area contributed by atoms with E-state index in [1.807, 2.05) is 25.2 Å². The zero-order valence-electron chi connectivity index (χ0n) is 10.3. The molecule has 0 amide bonds. The molecule has 96 valence electrons. The molecule has 5 heteroatoms. The van der Waals surface area contributed by atoms with E-state index in [0.29, 0.717) is 5.69 Å². The molecule has 0 aliphatic heterocycles. The van der Waals surface area contributed by atoms with E-state index in [2.05, 4.69) is 32.3 Å². The van der Waals surface area contributed by atoms with Crippen LogP contribution >= 0.6 is 27.3 Å². The average Bonchev–Trinajstić information content (AvgIpc) is 2.73. The van der Waals surface area contributed by atoms with Gasteiger partial charge < -0.3 is 15.4 Å². The average molecular weight is 327 g/mol. The summed E-state index contributed by atoms with van der Waals surface area (Å²) in [5, 5.41) is 2.14. The molecule has 2 N–H and O–H groups in total. The van der Waals surface area contributed by atoms with Crippen LogP contribution in [0.4, 0.5) is 11.4 Å². The summed E-state index contributed by atoms with van der Waals surface area (Å²) in [4.78, 5) is 2.15. The third-order valence-corrected chi connectivity index (χ3v) is 4.18. The van der Waals surface area contributed by atoms with Gasteiger partial charge in [0.25, 0.3) is 0 Å². The monoisotopic (exact) mass is 326 g/mol. The molecule has 1 heterocycles. The fraction of sp³-hybridized carbons (Fsp3) is 0.231. The van der Waals surface area contributed by atoms with Crippen LogP contribution in [0.2, 0.25) is 0 Å². The first-order valence-corrected chi connectivity index (χ1v) is 7.14. The predicted molar refractivity (Wildman–Crippen MR) is 81.5 cm³/mol. The van der Waals surface area contributed by atoms with Crippen LogP contribution in [0.15, 0.2) is 33.4 Å². The van der Waals surface area contributed by atoms with E-state index < -0.39 is 0 Å². The number of hydrogen-bond donors (Lipinski definition) is 1. The van der Waals surface area contributed by atoms with Gasteiger partial charge in [-0.3, -0.25) is 0 Å². The van der Waals surface area contributed by atoms with Gasteiger partial charge in [0.15, 0.2) is 0 Å². The van der Waals surface area contributed by atoms with Gasteiger partial charge in [-0.1, -0.05) is 0 Å². The molecular weight excluding hydrogens is 312 g/mol. The maximum Gasteiger partial charge on any atom is 0.122 e. The summed E-state index contributed by atoms with van der Waals surface area (Å²) in [5.41, 5.74) is 8.89. The molecule has 1 aromatic heterocycles. The number of ether oxygens (including phenoxy) is 1. The molecule has 0 spiro atoms. The molecule has 0 atom stereocenters. The lowest BCUT2D eigenvalue weighted by Crippen LogP contribution is -2.16. The van der Waals surface area contributed by atoms with Crippen molar-refractivity contribution in [1.82, 2.24) is 0 Å². The number of rotatable bonds is 4. The van der Waals surface area contributed by atoms with Gasteiger partial charge in [-0.05, 0) is 39.0 Å². The maximum atomic E-state index is 5.86. The first-order valence-electron chi connectivity index (χ1n) is 5.47. The van der Waals surface area contributed by atoms with Gasteiger partial charge in [0.05, 0.1) is 10.9 Å². The number of benzene rings is 1. The topological polar surface area (TPSA) is 38.5 Å². The fourth-order valence-electron chi connectivity index (χ4n) is 1.74. The third kappa shape index (κ3) is 3.17. The van der Waals surface area contributed by atoms with Crippen LogP contribution in [0.3, 0.4) is 0 Å². The van der Waals surface area contributed by atoms with E-state index in [-0.39, 0.29) is 0 Å². The minimum atomic E-state index is 0.711. The molecule has 18 heavy (non-hydrogen) atoms. The van der Waals surface area contributed by atoms with Crippen LogP contribution < -0.4 is 15.4 Å². The summed E-state index contributed by atoms with van der Waals surface area (Å²) in [6.45, 7) is 0.842. The normalized spacial score (nSPS) is 10.4. The van der Waals surface area contributed by atoms with Crippen LogP contribution in [0, 0.1) is 0 Å². The number of hydrogen-bond acceptors (Lipinski definition) is 4. The van der Waals surface area contributed by atoms with Crippen molar-refractivity contribution in [2.24, 2.45) is 0 Å². The Hall–Kier alpha value is -1.20. The van der Waals surface area contributed by atoms with Gasteiger partial charge >= 0.3 is 0 Å². The molecule has 0 aliphatic carbocycles. The van der Waals surface area contributed by atoms with Crippen LogP contribution in [0.1, 0.15) is 5.56 Å². The molecule has 0 radical (unpaired) electrons. The lowest BCUT2D eigenvalue weighted by Gasteiger charge is -2.20. The fourth-order valence-corrected chi connectivity index (χ4v) is 2.94. The number of nitrogen functional groups attached to an aromatic ring is 1. The Labute approximate surface area is 119 Å². The van der Waals surface area contributed by atoms with Crippen molar-refractivity contribution in [1.29, 1.82) is 0 Å². The summed E-state index contributed by atoms with van der Waals surface area (Å²) in [6.07, 6.45) is 0. The second kappa shape index (κ2) is 5.63. The summed E-state index contributed by atoms with van der Waals surface area (Å²) in [5.74, 6) is 0.781. The third-order valence-electron chi connectivity index (χ3n) is 2.63. The minimum Gasteiger partial charge on any atom is -0.497 e. The van der Waals surface area contributed by atoms with Crippen LogP contribution in [0.25, 0.3) is 0 Å². The van der Waals surface area contributed by atoms with E-state index in [1.165, 1.54) is 5.56 Å². The zero-order chi connectivity index (χ0) is 13.1. The molecule has 3 nitrogen and oxygen atoms in total. The van der Waals surface area contributed by atoms with E-state index in [0.717, 1.165) is 21.8 Å². The van der Waals surface area contributed by atoms with Gasteiger partial charge in [-0.15, -0.1) is 11.3 Å². The van der Waals surface area contributed by atoms with Gasteiger partial charge in [0.2, 0.25) is 0 Å². The Morgan fingerprint density at radius 2 is 2.11 bits per heavy atom. The predicted octanol–water partition coefficient (Wildman–Crippen LogP) is 3.74.